The van der Waals surface area contributed by atoms with E-state index in [2.05, 4.69) is 49.2 Å². The third kappa shape index (κ3) is 62.5. The van der Waals surface area contributed by atoms with Gasteiger partial charge in [0.1, 0.15) is 12.2 Å². The number of unbranched alkanes of at least 4 members (excludes halogenated alkanes) is 33. The van der Waals surface area contributed by atoms with Crippen molar-refractivity contribution in [1.29, 1.82) is 0 Å². The van der Waals surface area contributed by atoms with Crippen LogP contribution in [0.15, 0.2) is 0 Å². The number of esters is 5. The van der Waals surface area contributed by atoms with Gasteiger partial charge >= 0.3 is 29.8 Å². The molecule has 0 aliphatic heterocycles. The van der Waals surface area contributed by atoms with Gasteiger partial charge in [-0.2, -0.15) is 0 Å². The molecule has 0 aromatic rings. The third-order valence-corrected chi connectivity index (χ3v) is 19.1. The second kappa shape index (κ2) is 70.5. The van der Waals surface area contributed by atoms with Gasteiger partial charge in [0.25, 0.3) is 0 Å². The first-order valence-electron chi connectivity index (χ1n) is 39.9. The molecule has 93 heavy (non-hydrogen) atoms. The summed E-state index contributed by atoms with van der Waals surface area (Å²) in [4.78, 5) is 64.7. The molecular formula is C79H152N2O12. The number of hydrogen-bond donors (Lipinski definition) is 2. The maximum atomic E-state index is 12.7. The van der Waals surface area contributed by atoms with Gasteiger partial charge in [0.15, 0.2) is 0 Å². The van der Waals surface area contributed by atoms with E-state index in [1.54, 1.807) is 0 Å². The highest BCUT2D eigenvalue weighted by atomic mass is 16.6. The molecule has 0 aromatic carbocycles. The van der Waals surface area contributed by atoms with Crippen LogP contribution in [0.1, 0.15) is 388 Å². The largest absolute Gasteiger partial charge is 0.469 e. The van der Waals surface area contributed by atoms with E-state index in [-0.39, 0.29) is 55.3 Å². The maximum Gasteiger partial charge on any atom is 0.306 e. The molecule has 0 bridgehead atoms. The lowest BCUT2D eigenvalue weighted by Crippen LogP contribution is -2.36. The van der Waals surface area contributed by atoms with E-state index in [0.29, 0.717) is 57.9 Å². The number of methoxy groups -OCH3 is 1. The summed E-state index contributed by atoms with van der Waals surface area (Å²) in [5, 5.41) is 19.1. The molecule has 0 spiro atoms. The normalized spacial score (nSPS) is 14.3. The van der Waals surface area contributed by atoms with Crippen molar-refractivity contribution in [2.24, 2.45) is 5.92 Å². The Morgan fingerprint density at radius 1 is 0.376 bits per heavy atom. The van der Waals surface area contributed by atoms with Crippen LogP contribution in [0.3, 0.4) is 0 Å². The molecule has 0 amide bonds. The van der Waals surface area contributed by atoms with Gasteiger partial charge < -0.3 is 38.8 Å². The zero-order valence-corrected chi connectivity index (χ0v) is 61.9. The van der Waals surface area contributed by atoms with Crippen LogP contribution in [-0.2, 0) is 47.7 Å². The van der Waals surface area contributed by atoms with Crippen molar-refractivity contribution in [2.75, 3.05) is 66.3 Å². The summed E-state index contributed by atoms with van der Waals surface area (Å²) in [5.41, 5.74) is 0. The van der Waals surface area contributed by atoms with Crippen molar-refractivity contribution in [3.63, 3.8) is 0 Å². The average Bonchev–Trinajstić information content (AvgIpc) is 3.77. The van der Waals surface area contributed by atoms with E-state index < -0.39 is 0 Å². The number of hydrogen-bond acceptors (Lipinski definition) is 14. The fraction of sp³-hybridized carbons (Fsp3) is 0.937. The second-order valence-electron chi connectivity index (χ2n) is 27.8. The first-order chi connectivity index (χ1) is 45.5. The summed E-state index contributed by atoms with van der Waals surface area (Å²) in [6.07, 6.45) is 59.8. The maximum absolute atomic E-state index is 12.7. The van der Waals surface area contributed by atoms with Crippen LogP contribution in [0.25, 0.3) is 0 Å². The van der Waals surface area contributed by atoms with Crippen molar-refractivity contribution >= 4 is 29.8 Å². The lowest BCUT2D eigenvalue weighted by atomic mass is 9.84. The summed E-state index contributed by atoms with van der Waals surface area (Å²) < 4.78 is 27.1. The summed E-state index contributed by atoms with van der Waals surface area (Å²) in [6.45, 7) is 17.1. The average molecular weight is 1320 g/mol. The Bertz CT molecular complexity index is 1630. The molecule has 550 valence electrons. The van der Waals surface area contributed by atoms with E-state index in [0.717, 1.165) is 199 Å². The predicted octanol–water partition coefficient (Wildman–Crippen LogP) is 20.2. The minimum absolute atomic E-state index is 0.00110. The van der Waals surface area contributed by atoms with Crippen LogP contribution in [0.4, 0.5) is 0 Å². The quantitative estimate of drug-likeness (QED) is 0.0334. The Balaban J connectivity index is 0.00000187. The Kier molecular flexibility index (Phi) is 68.4. The van der Waals surface area contributed by atoms with E-state index >= 15 is 0 Å². The molecule has 0 aromatic heterocycles. The van der Waals surface area contributed by atoms with E-state index in [4.69, 9.17) is 18.9 Å². The Morgan fingerprint density at radius 3 is 1.19 bits per heavy atom. The van der Waals surface area contributed by atoms with Crippen LogP contribution in [0.2, 0.25) is 0 Å². The SMILES string of the molecule is CCCCCCCCC(CCCCCCCC)OC(=O)CCCCCCC(C)N(CCO)CCCCCCCC(=O)OCCCCCCC(=O)OC.CCCCCCCOC(=O)CCCCCCCCCN(CCO)CCCCCC(=O)OC1CCC(CCCC)CC1. The van der Waals surface area contributed by atoms with Gasteiger partial charge in [0.05, 0.1) is 33.5 Å². The molecule has 14 nitrogen and oxygen atoms in total. The van der Waals surface area contributed by atoms with Crippen molar-refractivity contribution < 1.29 is 57.9 Å². The molecule has 14 heteroatoms. The van der Waals surface area contributed by atoms with Crippen molar-refractivity contribution in [3.8, 4) is 0 Å². The van der Waals surface area contributed by atoms with Crippen molar-refractivity contribution in [1.82, 2.24) is 9.80 Å². The Morgan fingerprint density at radius 2 is 0.742 bits per heavy atom. The van der Waals surface area contributed by atoms with Crippen LogP contribution >= 0.6 is 0 Å². The monoisotopic (exact) mass is 1320 g/mol. The van der Waals surface area contributed by atoms with Gasteiger partial charge in [-0.3, -0.25) is 28.9 Å². The number of aliphatic hydroxyl groups is 2. The van der Waals surface area contributed by atoms with Crippen molar-refractivity contribution in [2.45, 2.75) is 406 Å². The highest BCUT2D eigenvalue weighted by Gasteiger charge is 2.24. The highest BCUT2D eigenvalue weighted by molar-refractivity contribution is 5.70. The lowest BCUT2D eigenvalue weighted by Gasteiger charge is -2.28. The zero-order valence-electron chi connectivity index (χ0n) is 61.9. The molecule has 2 N–H and O–H groups in total. The Labute approximate surface area is 573 Å². The van der Waals surface area contributed by atoms with Gasteiger partial charge in [0.2, 0.25) is 0 Å². The van der Waals surface area contributed by atoms with E-state index in [9.17, 15) is 34.2 Å². The number of aliphatic hydroxyl groups excluding tert-OH is 2. The summed E-state index contributed by atoms with van der Waals surface area (Å²) in [6, 6.07) is 0.435. The lowest BCUT2D eigenvalue weighted by molar-refractivity contribution is -0.151. The van der Waals surface area contributed by atoms with Crippen LogP contribution in [0.5, 0.6) is 0 Å². The van der Waals surface area contributed by atoms with Gasteiger partial charge in [-0.25, -0.2) is 0 Å². The first kappa shape index (κ1) is 90.2. The second-order valence-corrected chi connectivity index (χ2v) is 27.8. The molecule has 1 atom stereocenters. The highest BCUT2D eigenvalue weighted by Crippen LogP contribution is 2.30. The van der Waals surface area contributed by atoms with Crippen molar-refractivity contribution in [3.05, 3.63) is 0 Å². The molecule has 1 aliphatic rings. The molecule has 0 radical (unpaired) electrons. The van der Waals surface area contributed by atoms with E-state index in [1.165, 1.54) is 161 Å². The molecule has 1 fully saturated rings. The third-order valence-electron chi connectivity index (χ3n) is 19.1. The summed E-state index contributed by atoms with van der Waals surface area (Å²) in [5.74, 6) is 0.528. The molecule has 1 aliphatic carbocycles. The number of carbonyl (C=O) groups excluding carboxylic acids is 5. The predicted molar refractivity (Wildman–Crippen MR) is 385 cm³/mol. The van der Waals surface area contributed by atoms with Crippen LogP contribution in [0, 0.1) is 5.92 Å². The summed E-state index contributed by atoms with van der Waals surface area (Å²) >= 11 is 0. The number of nitrogens with zero attached hydrogens (tertiary/aromatic N) is 2. The molecule has 0 saturated heterocycles. The van der Waals surface area contributed by atoms with Gasteiger partial charge in [-0.05, 0) is 154 Å². The van der Waals surface area contributed by atoms with Crippen LogP contribution < -0.4 is 0 Å². The molecule has 0 heterocycles. The standard InChI is InChI=1S/C44H85NO7.C35H67NO5/c1-5-7-9-11-14-23-31-41(32-24-15-12-10-8-6-2)52-44(49)35-27-18-17-22-30-40(3)45(37-38-46)36-28-20-13-16-26-34-43(48)51-39-29-21-19-25-33-42(47)50-4;1-3-5-7-13-19-31-40-34(38)21-15-11-9-8-10-12-17-27-36(29-30-37)28-18-14-16-22-35(39)41-33-25-23-32(24-26-33)20-6-4-2/h40-41,46H,5-39H2,1-4H3;32-33,37H,3-31H2,1-2H3. The smallest absolute Gasteiger partial charge is 0.306 e. The first-order valence-corrected chi connectivity index (χ1v) is 39.9. The fourth-order valence-corrected chi connectivity index (χ4v) is 12.9. The van der Waals surface area contributed by atoms with Gasteiger partial charge in [-0.1, -0.05) is 227 Å². The number of ether oxygens (including phenoxy) is 5. The van der Waals surface area contributed by atoms with Crippen LogP contribution in [-0.4, -0.2) is 134 Å². The molecule has 1 rings (SSSR count). The van der Waals surface area contributed by atoms with Gasteiger partial charge in [0, 0.05) is 51.2 Å². The Hall–Kier alpha value is -2.81. The molecular weight excluding hydrogens is 1170 g/mol. The minimum Gasteiger partial charge on any atom is -0.469 e. The zero-order chi connectivity index (χ0) is 68.1. The number of rotatable bonds is 68. The topological polar surface area (TPSA) is 178 Å². The fourth-order valence-electron chi connectivity index (χ4n) is 12.9. The minimum atomic E-state index is -0.168. The number of carbonyl (C=O) groups is 5. The summed E-state index contributed by atoms with van der Waals surface area (Å²) in [7, 11) is 1.41. The molecule has 1 unspecified atom stereocenters. The van der Waals surface area contributed by atoms with E-state index in [1.807, 2.05) is 0 Å². The van der Waals surface area contributed by atoms with Gasteiger partial charge in [-0.15, -0.1) is 0 Å². The molecule has 1 saturated carbocycles.